The van der Waals surface area contributed by atoms with Crippen molar-refractivity contribution in [2.75, 3.05) is 0 Å². The van der Waals surface area contributed by atoms with E-state index in [1.165, 1.54) is 0 Å². The smallest absolute Gasteiger partial charge is 0.238 e. The second kappa shape index (κ2) is 12.3. The highest BCUT2D eigenvalue weighted by Crippen LogP contribution is 2.42. The summed E-state index contributed by atoms with van der Waals surface area (Å²) >= 11 is 0. The SMILES string of the molecule is [2H]c1c([2H])c([2H])c(-c2nc(-c3c([2H])c([2H])c([2H])c([2H])c3[2H])nc(-n3c4c([2H])c([2H])c([2H])c([2H])c4c4c([2H])c([2H])c5c6c([2H])c([2H])c([2H])c([2H])c6n(-c6c([2H])c([2H])c7oc8c([2H])c(-c9c([2H])c([2H])c([2H])c([2H])c9[2H])c([2H])c([2H])c8c7c6[2H])c5c43)n2)c([2H])c1[2H]. The molecule has 0 aliphatic carbocycles. The highest BCUT2D eigenvalue weighted by Gasteiger charge is 2.24. The molecule has 4 heterocycles. The first-order valence-corrected chi connectivity index (χ1v) is 16.6. The van der Waals surface area contributed by atoms with Gasteiger partial charge in [0.25, 0.3) is 0 Å². The van der Waals surface area contributed by atoms with Gasteiger partial charge in [0.1, 0.15) is 11.2 Å². The van der Waals surface area contributed by atoms with E-state index in [0.29, 0.717) is 0 Å². The predicted octanol–water partition coefficient (Wildman–Crippen LogP) is 13.0. The van der Waals surface area contributed by atoms with Crippen molar-refractivity contribution in [1.29, 1.82) is 0 Å². The summed E-state index contributed by atoms with van der Waals surface area (Å²) in [5, 5.41) is -3.74. The van der Waals surface area contributed by atoms with Gasteiger partial charge in [-0.3, -0.25) is 4.57 Å². The van der Waals surface area contributed by atoms with Crippen LogP contribution in [0, 0.1) is 0 Å². The summed E-state index contributed by atoms with van der Waals surface area (Å²) in [7, 11) is 0. The standard InChI is InChI=1S/C51H31N5O/c1-4-14-32(15-5-1)35-24-26-39-42-31-36(25-29-45(42)57-46(39)30-35)55-43-22-12-10-20-37(43)40-27-28-41-38-21-11-13-23-44(38)56(48(41)47(40)55)51-53-49(33-16-6-2-7-17-33)52-50(54-51)34-18-8-3-9-19-34/h1-31H/i1D,2D,3D,4D,5D,6D,7D,8D,9D,10D,11D,12D,13D,14D,15D,16D,17D,18D,19D,20D,21D,22D,23D,24D,25D,26D,27D,28D,29D,30D,31D. The Bertz CT molecular complexity index is 5190. The molecule has 0 saturated heterocycles. The molecule has 0 saturated carbocycles. The lowest BCUT2D eigenvalue weighted by atomic mass is 10.0. The zero-order valence-electron chi connectivity index (χ0n) is 59.1. The summed E-state index contributed by atoms with van der Waals surface area (Å²) in [6.45, 7) is 0. The minimum atomic E-state index is -1.05. The Labute approximate surface area is 370 Å². The zero-order chi connectivity index (χ0) is 64.4. The Morgan fingerprint density at radius 2 is 0.895 bits per heavy atom. The summed E-state index contributed by atoms with van der Waals surface area (Å²) in [6, 6.07) is -28.9. The first kappa shape index (κ1) is 13.7. The number of furan rings is 1. The lowest BCUT2D eigenvalue weighted by Crippen LogP contribution is -2.07. The number of aromatic nitrogens is 5. The second-order valence-corrected chi connectivity index (χ2v) is 12.1. The molecule has 0 aliphatic rings. The van der Waals surface area contributed by atoms with E-state index in [1.807, 2.05) is 0 Å². The fraction of sp³-hybridized carbons (Fsp3) is 0. The maximum absolute atomic E-state index is 10.1. The number of fused-ring (bicyclic) bond motifs is 10. The van der Waals surface area contributed by atoms with E-state index in [4.69, 9.17) is 30.5 Å². The van der Waals surface area contributed by atoms with Crippen LogP contribution < -0.4 is 0 Å². The second-order valence-electron chi connectivity index (χ2n) is 12.1. The molecule has 0 bridgehead atoms. The van der Waals surface area contributed by atoms with Crippen molar-refractivity contribution in [3.05, 3.63) is 187 Å². The first-order chi connectivity index (χ1) is 41.2. The van der Waals surface area contributed by atoms with Crippen LogP contribution in [-0.2, 0) is 0 Å². The fourth-order valence-electron chi connectivity index (χ4n) is 6.64. The quantitative estimate of drug-likeness (QED) is 0.175. The van der Waals surface area contributed by atoms with Gasteiger partial charge in [-0.1, -0.05) is 145 Å². The van der Waals surface area contributed by atoms with Gasteiger partial charge in [-0.25, -0.2) is 4.98 Å². The van der Waals surface area contributed by atoms with Gasteiger partial charge in [0.15, 0.2) is 11.6 Å². The molecule has 0 radical (unpaired) electrons. The van der Waals surface area contributed by atoms with Crippen molar-refractivity contribution in [3.63, 3.8) is 0 Å². The molecule has 266 valence electrons. The Kier molecular flexibility index (Phi) is 2.97. The van der Waals surface area contributed by atoms with Gasteiger partial charge >= 0.3 is 0 Å². The molecule has 4 aromatic heterocycles. The molecule has 0 unspecified atom stereocenters. The Balaban J connectivity index is 1.36. The third kappa shape index (κ3) is 4.87. The highest BCUT2D eigenvalue weighted by molar-refractivity contribution is 6.24. The lowest BCUT2D eigenvalue weighted by molar-refractivity contribution is 0.669. The molecule has 6 heteroatoms. The average molecular weight is 761 g/mol. The number of para-hydroxylation sites is 2. The minimum Gasteiger partial charge on any atom is -0.456 e. The van der Waals surface area contributed by atoms with Crippen molar-refractivity contribution >= 4 is 65.6 Å². The van der Waals surface area contributed by atoms with Crippen molar-refractivity contribution in [2.45, 2.75) is 0 Å². The largest absolute Gasteiger partial charge is 0.456 e. The molecule has 6 nitrogen and oxygen atoms in total. The summed E-state index contributed by atoms with van der Waals surface area (Å²) in [5.74, 6) is -2.77. The lowest BCUT2D eigenvalue weighted by Gasteiger charge is -2.13. The number of hydrogen-bond donors (Lipinski definition) is 0. The first-order valence-electron chi connectivity index (χ1n) is 32.1. The fourth-order valence-corrected chi connectivity index (χ4v) is 6.64. The van der Waals surface area contributed by atoms with E-state index in [-0.39, 0.29) is 0 Å². The van der Waals surface area contributed by atoms with Crippen molar-refractivity contribution in [2.24, 2.45) is 0 Å². The van der Waals surface area contributed by atoms with Crippen molar-refractivity contribution in [1.82, 2.24) is 24.1 Å². The molecule has 12 aromatic rings. The van der Waals surface area contributed by atoms with Crippen LogP contribution in [0.25, 0.3) is 111 Å². The van der Waals surface area contributed by atoms with Crippen LogP contribution in [0.5, 0.6) is 0 Å². The third-order valence-electron chi connectivity index (χ3n) is 8.98. The summed E-state index contributed by atoms with van der Waals surface area (Å²) in [4.78, 5) is 13.3. The Morgan fingerprint density at radius 1 is 0.368 bits per heavy atom. The van der Waals surface area contributed by atoms with E-state index in [1.54, 1.807) is 0 Å². The van der Waals surface area contributed by atoms with E-state index in [0.717, 1.165) is 9.13 Å². The number of nitrogens with zero attached hydrogens (tertiary/aromatic N) is 5. The van der Waals surface area contributed by atoms with Gasteiger partial charge < -0.3 is 8.98 Å². The molecule has 0 spiro atoms. The molecule has 57 heavy (non-hydrogen) atoms. The minimum absolute atomic E-state index is 0.591. The molecule has 12 rings (SSSR count). The number of rotatable bonds is 5. The average Bonchev–Trinajstić information content (AvgIpc) is 1.54. The van der Waals surface area contributed by atoms with Gasteiger partial charge in [0, 0.05) is 49.1 Å². The number of hydrogen-bond acceptors (Lipinski definition) is 4. The van der Waals surface area contributed by atoms with E-state index < -0.39 is 298 Å². The van der Waals surface area contributed by atoms with Crippen LogP contribution in [-0.4, -0.2) is 24.1 Å². The van der Waals surface area contributed by atoms with Crippen molar-refractivity contribution < 1.29 is 46.9 Å². The van der Waals surface area contributed by atoms with Crippen LogP contribution in [0.4, 0.5) is 0 Å². The van der Waals surface area contributed by atoms with Crippen LogP contribution in [0.1, 0.15) is 42.5 Å². The van der Waals surface area contributed by atoms with Crippen LogP contribution in [0.15, 0.2) is 192 Å². The predicted molar refractivity (Wildman–Crippen MR) is 232 cm³/mol. The molecular weight excluding hydrogens is 699 g/mol. The Hall–Kier alpha value is -7.83. The van der Waals surface area contributed by atoms with Crippen LogP contribution in [0.3, 0.4) is 0 Å². The molecule has 0 amide bonds. The molecule has 0 N–H and O–H groups in total. The molecule has 0 aliphatic heterocycles. The Morgan fingerprint density at radius 3 is 1.53 bits per heavy atom. The van der Waals surface area contributed by atoms with Gasteiger partial charge in [-0.2, -0.15) is 9.97 Å². The number of benzene rings is 8. The van der Waals surface area contributed by atoms with E-state index in [9.17, 15) is 16.4 Å². The monoisotopic (exact) mass is 760 g/mol. The molecular formula is C51H31N5O. The van der Waals surface area contributed by atoms with Crippen LogP contribution in [0.2, 0.25) is 0 Å². The van der Waals surface area contributed by atoms with Crippen LogP contribution >= 0.6 is 0 Å². The van der Waals surface area contributed by atoms with E-state index >= 15 is 0 Å². The molecule has 0 atom stereocenters. The summed E-state index contributed by atoms with van der Waals surface area (Å²) in [5.41, 5.74) is -8.06. The normalized spacial score (nSPS) is 19.5. The van der Waals surface area contributed by atoms with Crippen molar-refractivity contribution in [3.8, 4) is 45.5 Å². The van der Waals surface area contributed by atoms with Gasteiger partial charge in [-0.15, -0.1) is 0 Å². The third-order valence-corrected chi connectivity index (χ3v) is 8.98. The highest BCUT2D eigenvalue weighted by atomic mass is 16.3. The van der Waals surface area contributed by atoms with Gasteiger partial charge in [0.05, 0.1) is 64.6 Å². The maximum Gasteiger partial charge on any atom is 0.238 e. The molecule has 8 aromatic carbocycles. The summed E-state index contributed by atoms with van der Waals surface area (Å²) in [6.07, 6.45) is 0. The molecule has 0 fully saturated rings. The van der Waals surface area contributed by atoms with Gasteiger partial charge in [0.2, 0.25) is 5.95 Å². The zero-order valence-corrected chi connectivity index (χ0v) is 28.1. The van der Waals surface area contributed by atoms with E-state index in [2.05, 4.69) is 15.0 Å². The topological polar surface area (TPSA) is 61.7 Å². The summed E-state index contributed by atoms with van der Waals surface area (Å²) < 4.78 is 287. The maximum atomic E-state index is 10.1. The van der Waals surface area contributed by atoms with Gasteiger partial charge in [-0.05, 0) is 53.4 Å².